The molecule has 0 aliphatic carbocycles. The Morgan fingerprint density at radius 3 is 2.65 bits per heavy atom. The summed E-state index contributed by atoms with van der Waals surface area (Å²) in [5.41, 5.74) is 3.22. The molecule has 0 unspecified atom stereocenters. The average molecular weight is 283 g/mol. The average Bonchev–Trinajstić information content (AvgIpc) is 2.75. The molecule has 3 aromatic rings. The van der Waals surface area contributed by atoms with Gasteiger partial charge in [-0.3, -0.25) is 4.79 Å². The third kappa shape index (κ3) is 1.96. The quantitative estimate of drug-likeness (QED) is 0.644. The van der Waals surface area contributed by atoms with Gasteiger partial charge < -0.3 is 0 Å². The second-order valence-corrected chi connectivity index (χ2v) is 5.08. The van der Waals surface area contributed by atoms with Crippen LogP contribution in [0.15, 0.2) is 42.5 Å². The van der Waals surface area contributed by atoms with Gasteiger partial charge in [-0.25, -0.2) is 4.52 Å². The Balaban J connectivity index is 2.27. The molecule has 3 rings (SSSR count). The fourth-order valence-corrected chi connectivity index (χ4v) is 2.51. The van der Waals surface area contributed by atoms with Crippen LogP contribution >= 0.6 is 12.2 Å². The highest BCUT2D eigenvalue weighted by molar-refractivity contribution is 7.71. The lowest BCUT2D eigenvalue weighted by Gasteiger charge is -2.07. The van der Waals surface area contributed by atoms with Gasteiger partial charge in [0.05, 0.1) is 0 Å². The summed E-state index contributed by atoms with van der Waals surface area (Å²) in [4.78, 5) is 16.9. The number of carbonyl (C=O) groups excluding carboxylic acids is 1. The first kappa shape index (κ1) is 12.7. The lowest BCUT2D eigenvalue weighted by Crippen LogP contribution is -2.18. The molecule has 0 bridgehead atoms. The summed E-state index contributed by atoms with van der Waals surface area (Å²) >= 11 is 5.23. The molecule has 0 spiro atoms. The fourth-order valence-electron chi connectivity index (χ4n) is 2.25. The molecule has 2 aromatic heterocycles. The SMILES string of the molecule is Cc1cccc(C(=O)n2c(=S)nc3cccc(C)n32)c1. The van der Waals surface area contributed by atoms with Gasteiger partial charge in [0.15, 0.2) is 5.65 Å². The van der Waals surface area contributed by atoms with E-state index in [0.717, 1.165) is 11.3 Å². The highest BCUT2D eigenvalue weighted by atomic mass is 32.1. The van der Waals surface area contributed by atoms with E-state index in [2.05, 4.69) is 4.98 Å². The molecule has 2 heterocycles. The molecule has 20 heavy (non-hydrogen) atoms. The van der Waals surface area contributed by atoms with Crippen molar-refractivity contribution < 1.29 is 4.79 Å². The standard InChI is InChI=1S/C15H13N3OS/c1-10-5-3-7-12(9-10)14(19)18-15(20)16-13-8-4-6-11(2)17(13)18/h3-9H,1-2H3. The number of rotatable bonds is 1. The predicted octanol–water partition coefficient (Wildman–Crippen LogP) is 3.17. The van der Waals surface area contributed by atoms with E-state index in [-0.39, 0.29) is 10.7 Å². The Labute approximate surface area is 121 Å². The third-order valence-electron chi connectivity index (χ3n) is 3.18. The van der Waals surface area contributed by atoms with Crippen molar-refractivity contribution in [2.45, 2.75) is 13.8 Å². The molecule has 4 nitrogen and oxygen atoms in total. The Hall–Kier alpha value is -2.27. The lowest BCUT2D eigenvalue weighted by molar-refractivity contribution is 0.0937. The van der Waals surface area contributed by atoms with Crippen molar-refractivity contribution in [3.63, 3.8) is 0 Å². The van der Waals surface area contributed by atoms with Crippen LogP contribution in [0.25, 0.3) is 5.65 Å². The number of aryl methyl sites for hydroxylation is 2. The number of nitrogens with zero attached hydrogens (tertiary/aromatic N) is 3. The minimum atomic E-state index is -0.166. The minimum absolute atomic E-state index is 0.166. The number of hydrogen-bond donors (Lipinski definition) is 0. The van der Waals surface area contributed by atoms with E-state index in [0.29, 0.717) is 11.2 Å². The molecule has 100 valence electrons. The van der Waals surface area contributed by atoms with Crippen molar-refractivity contribution in [3.05, 3.63) is 64.1 Å². The molecule has 0 amide bonds. The van der Waals surface area contributed by atoms with Gasteiger partial charge in [0.1, 0.15) is 0 Å². The first-order chi connectivity index (χ1) is 9.58. The van der Waals surface area contributed by atoms with Crippen molar-refractivity contribution >= 4 is 23.8 Å². The first-order valence-corrected chi connectivity index (χ1v) is 6.67. The molecule has 0 N–H and O–H groups in total. The Morgan fingerprint density at radius 2 is 1.90 bits per heavy atom. The summed E-state index contributed by atoms with van der Waals surface area (Å²) in [6.07, 6.45) is 0. The molecule has 0 aliphatic heterocycles. The monoisotopic (exact) mass is 283 g/mol. The van der Waals surface area contributed by atoms with Gasteiger partial charge in [0, 0.05) is 11.3 Å². The largest absolute Gasteiger partial charge is 0.279 e. The second-order valence-electron chi connectivity index (χ2n) is 4.72. The number of pyridine rings is 1. The van der Waals surface area contributed by atoms with Crippen LogP contribution in [0.4, 0.5) is 0 Å². The topological polar surface area (TPSA) is 39.3 Å². The van der Waals surface area contributed by atoms with Crippen LogP contribution < -0.4 is 0 Å². The van der Waals surface area contributed by atoms with E-state index in [4.69, 9.17) is 12.2 Å². The van der Waals surface area contributed by atoms with Crippen molar-refractivity contribution in [2.24, 2.45) is 0 Å². The zero-order chi connectivity index (χ0) is 14.3. The molecule has 0 fully saturated rings. The Kier molecular flexibility index (Phi) is 2.99. The maximum Gasteiger partial charge on any atom is 0.279 e. The first-order valence-electron chi connectivity index (χ1n) is 6.27. The van der Waals surface area contributed by atoms with Gasteiger partial charge in [-0.1, -0.05) is 23.8 Å². The summed E-state index contributed by atoms with van der Waals surface area (Å²) < 4.78 is 3.45. The summed E-state index contributed by atoms with van der Waals surface area (Å²) in [5.74, 6) is -0.166. The van der Waals surface area contributed by atoms with E-state index in [9.17, 15) is 4.79 Å². The zero-order valence-corrected chi connectivity index (χ0v) is 12.0. The maximum atomic E-state index is 12.7. The van der Waals surface area contributed by atoms with E-state index in [1.54, 1.807) is 10.6 Å². The van der Waals surface area contributed by atoms with Crippen molar-refractivity contribution in [1.82, 2.24) is 14.2 Å². The number of fused-ring (bicyclic) bond motifs is 1. The molecular formula is C15H13N3OS. The fraction of sp³-hybridized carbons (Fsp3) is 0.133. The summed E-state index contributed by atoms with van der Waals surface area (Å²) in [6.45, 7) is 3.87. The predicted molar refractivity (Wildman–Crippen MR) is 79.7 cm³/mol. The highest BCUT2D eigenvalue weighted by Crippen LogP contribution is 2.11. The number of benzene rings is 1. The Bertz CT molecular complexity index is 876. The summed E-state index contributed by atoms with van der Waals surface area (Å²) in [6, 6.07) is 13.1. The van der Waals surface area contributed by atoms with Gasteiger partial charge in [-0.15, -0.1) is 0 Å². The smallest absolute Gasteiger partial charge is 0.267 e. The maximum absolute atomic E-state index is 12.7. The molecule has 0 saturated heterocycles. The number of aromatic nitrogens is 3. The van der Waals surface area contributed by atoms with Gasteiger partial charge in [-0.05, 0) is 50.3 Å². The van der Waals surface area contributed by atoms with Crippen LogP contribution in [-0.2, 0) is 0 Å². The summed E-state index contributed by atoms with van der Waals surface area (Å²) in [5, 5.41) is 0. The number of carbonyl (C=O) groups is 1. The van der Waals surface area contributed by atoms with Crippen LogP contribution in [0.1, 0.15) is 21.6 Å². The van der Waals surface area contributed by atoms with Crippen LogP contribution in [0, 0.1) is 18.6 Å². The van der Waals surface area contributed by atoms with Crippen LogP contribution in [0.2, 0.25) is 0 Å². The van der Waals surface area contributed by atoms with Crippen molar-refractivity contribution in [2.75, 3.05) is 0 Å². The third-order valence-corrected chi connectivity index (χ3v) is 3.45. The van der Waals surface area contributed by atoms with Crippen molar-refractivity contribution in [1.29, 1.82) is 0 Å². The number of hydrogen-bond acceptors (Lipinski definition) is 3. The Morgan fingerprint density at radius 1 is 1.15 bits per heavy atom. The molecule has 0 radical (unpaired) electrons. The second kappa shape index (κ2) is 4.68. The van der Waals surface area contributed by atoms with E-state index in [1.165, 1.54) is 4.68 Å². The minimum Gasteiger partial charge on any atom is -0.267 e. The van der Waals surface area contributed by atoms with Crippen LogP contribution in [0.3, 0.4) is 0 Å². The van der Waals surface area contributed by atoms with Gasteiger partial charge in [0.25, 0.3) is 5.91 Å². The molecule has 1 aromatic carbocycles. The molecule has 0 atom stereocenters. The molecular weight excluding hydrogens is 270 g/mol. The normalized spacial score (nSPS) is 10.9. The summed E-state index contributed by atoms with van der Waals surface area (Å²) in [7, 11) is 0. The van der Waals surface area contributed by atoms with Crippen LogP contribution in [0.5, 0.6) is 0 Å². The molecule has 0 saturated carbocycles. The molecule has 5 heteroatoms. The molecule has 0 aliphatic rings. The van der Waals surface area contributed by atoms with E-state index in [1.807, 2.05) is 50.2 Å². The van der Waals surface area contributed by atoms with E-state index < -0.39 is 0 Å². The van der Waals surface area contributed by atoms with E-state index >= 15 is 0 Å². The van der Waals surface area contributed by atoms with Gasteiger partial charge in [-0.2, -0.15) is 9.67 Å². The van der Waals surface area contributed by atoms with Crippen molar-refractivity contribution in [3.8, 4) is 0 Å². The van der Waals surface area contributed by atoms with Gasteiger partial charge >= 0.3 is 0 Å². The highest BCUT2D eigenvalue weighted by Gasteiger charge is 2.15. The zero-order valence-electron chi connectivity index (χ0n) is 11.2. The van der Waals surface area contributed by atoms with Gasteiger partial charge in [0.2, 0.25) is 4.77 Å². The lowest BCUT2D eigenvalue weighted by atomic mass is 10.1. The van der Waals surface area contributed by atoms with Crippen LogP contribution in [-0.4, -0.2) is 20.1 Å².